The Hall–Kier alpha value is -2.58. The van der Waals surface area contributed by atoms with E-state index in [1.54, 1.807) is 0 Å². The van der Waals surface area contributed by atoms with E-state index < -0.39 is 47.7 Å². The monoisotopic (exact) mass is 314 g/mol. The Morgan fingerprint density at radius 1 is 1.41 bits per heavy atom. The summed E-state index contributed by atoms with van der Waals surface area (Å²) in [4.78, 5) is 23.5. The van der Waals surface area contributed by atoms with Crippen LogP contribution in [0.4, 0.5) is 23.8 Å². The first-order valence-corrected chi connectivity index (χ1v) is 6.28. The molecule has 0 aliphatic carbocycles. The van der Waals surface area contributed by atoms with Gasteiger partial charge in [0.15, 0.2) is 17.9 Å². The molecule has 2 atom stereocenters. The molecule has 2 heterocycles. The van der Waals surface area contributed by atoms with Crippen molar-refractivity contribution in [2.75, 3.05) is 11.6 Å². The fraction of sp³-hybridized carbons (Fsp3) is 0.308. The summed E-state index contributed by atoms with van der Waals surface area (Å²) in [6.45, 7) is 0.562. The number of hydrogen-bond acceptors (Lipinski definition) is 5. The average molecular weight is 314 g/mol. The van der Waals surface area contributed by atoms with Crippen molar-refractivity contribution < 1.29 is 32.0 Å². The lowest BCUT2D eigenvalue weighted by molar-refractivity contribution is 0.111. The molecule has 2 unspecified atom stereocenters. The fourth-order valence-corrected chi connectivity index (χ4v) is 2.36. The molecule has 1 fully saturated rings. The summed E-state index contributed by atoms with van der Waals surface area (Å²) < 4.78 is 50.1. The number of carbonyl (C=O) groups excluding carboxylic acids is 2. The van der Waals surface area contributed by atoms with Gasteiger partial charge in [0, 0.05) is 0 Å². The van der Waals surface area contributed by atoms with Gasteiger partial charge in [0.1, 0.15) is 18.8 Å². The van der Waals surface area contributed by atoms with Gasteiger partial charge in [0.05, 0.1) is 10.9 Å². The lowest BCUT2D eigenvalue weighted by Gasteiger charge is -2.17. The molecule has 1 aliphatic rings. The van der Waals surface area contributed by atoms with E-state index in [-0.39, 0.29) is 17.5 Å². The Labute approximate surface area is 121 Å². The molecule has 2 aromatic rings. The second kappa shape index (κ2) is 5.00. The highest BCUT2D eigenvalue weighted by Crippen LogP contribution is 2.35. The van der Waals surface area contributed by atoms with E-state index >= 15 is 0 Å². The van der Waals surface area contributed by atoms with Gasteiger partial charge in [-0.3, -0.25) is 4.79 Å². The minimum Gasteiger partial charge on any atom is -0.444 e. The molecule has 0 N–H and O–H groups in total. The molecule has 1 aromatic carbocycles. The molecule has 22 heavy (non-hydrogen) atoms. The van der Waals surface area contributed by atoms with Gasteiger partial charge in [-0.15, -0.1) is 0 Å². The minimum absolute atomic E-state index is 0.117. The highest BCUT2D eigenvalue weighted by atomic mass is 19.2. The number of nitrogens with zero attached hydrogens (tertiary/aromatic N) is 2. The summed E-state index contributed by atoms with van der Waals surface area (Å²) in [5.74, 6) is -3.02. The van der Waals surface area contributed by atoms with Gasteiger partial charge in [0.2, 0.25) is 11.4 Å². The Balaban J connectivity index is 2.22. The van der Waals surface area contributed by atoms with Crippen LogP contribution in [0.1, 0.15) is 17.3 Å². The number of cyclic esters (lactones) is 1. The standard InChI is InChI=1S/C13H9F3N2O4/c1-5-8(3-14)18(13(20)21-5)12-7-2-6(4-19)9(15)10(16)11(7)22-17-12/h2,4-5,8H,3H2,1H3. The summed E-state index contributed by atoms with van der Waals surface area (Å²) in [5, 5.41) is 3.38. The molecular formula is C13H9F3N2O4. The second-order valence-electron chi connectivity index (χ2n) is 4.78. The molecule has 116 valence electrons. The van der Waals surface area contributed by atoms with Gasteiger partial charge < -0.3 is 9.26 Å². The first-order valence-electron chi connectivity index (χ1n) is 6.28. The van der Waals surface area contributed by atoms with Crippen molar-refractivity contribution in [3.63, 3.8) is 0 Å². The number of amides is 1. The Kier molecular flexibility index (Phi) is 3.27. The van der Waals surface area contributed by atoms with E-state index in [9.17, 15) is 22.8 Å². The van der Waals surface area contributed by atoms with Gasteiger partial charge in [-0.25, -0.2) is 18.5 Å². The van der Waals surface area contributed by atoms with Crippen LogP contribution >= 0.6 is 0 Å². The number of anilines is 1. The highest BCUT2D eigenvalue weighted by molar-refractivity contribution is 6.01. The first-order chi connectivity index (χ1) is 10.5. The first kappa shape index (κ1) is 14.4. The molecule has 0 radical (unpaired) electrons. The van der Waals surface area contributed by atoms with E-state index in [0.29, 0.717) is 0 Å². The summed E-state index contributed by atoms with van der Waals surface area (Å²) >= 11 is 0. The lowest BCUT2D eigenvalue weighted by atomic mass is 10.1. The smallest absolute Gasteiger partial charge is 0.416 e. The van der Waals surface area contributed by atoms with Gasteiger partial charge in [-0.2, -0.15) is 4.39 Å². The van der Waals surface area contributed by atoms with E-state index in [0.717, 1.165) is 11.0 Å². The van der Waals surface area contributed by atoms with Gasteiger partial charge in [-0.1, -0.05) is 5.16 Å². The van der Waals surface area contributed by atoms with Gasteiger partial charge >= 0.3 is 6.09 Å². The summed E-state index contributed by atoms with van der Waals surface area (Å²) in [7, 11) is 0. The van der Waals surface area contributed by atoms with Crippen molar-refractivity contribution in [2.45, 2.75) is 19.1 Å². The minimum atomic E-state index is -1.41. The van der Waals surface area contributed by atoms with E-state index in [1.165, 1.54) is 6.92 Å². The molecule has 1 aliphatic heterocycles. The third-order valence-electron chi connectivity index (χ3n) is 3.52. The van der Waals surface area contributed by atoms with Crippen LogP contribution in [0.3, 0.4) is 0 Å². The predicted molar refractivity (Wildman–Crippen MR) is 67.5 cm³/mol. The normalized spacial score (nSPS) is 21.5. The van der Waals surface area contributed by atoms with Crippen LogP contribution in [0, 0.1) is 11.6 Å². The molecule has 9 heteroatoms. The molecule has 3 rings (SSSR count). The number of aromatic nitrogens is 1. The fourth-order valence-electron chi connectivity index (χ4n) is 2.36. The van der Waals surface area contributed by atoms with Crippen LogP contribution in [-0.2, 0) is 4.74 Å². The quantitative estimate of drug-likeness (QED) is 0.814. The molecule has 1 amide bonds. The highest BCUT2D eigenvalue weighted by Gasteiger charge is 2.43. The zero-order valence-electron chi connectivity index (χ0n) is 11.2. The SMILES string of the molecule is CC1OC(=O)N(c2noc3c(F)c(F)c(C=O)cc23)C1CF. The van der Waals surface area contributed by atoms with Crippen molar-refractivity contribution >= 4 is 29.2 Å². The Bertz CT molecular complexity index is 776. The number of fused-ring (bicyclic) bond motifs is 1. The van der Waals surface area contributed by atoms with Crippen LogP contribution in [-0.4, -0.2) is 36.4 Å². The topological polar surface area (TPSA) is 72.6 Å². The Morgan fingerprint density at radius 3 is 2.77 bits per heavy atom. The number of halogens is 3. The van der Waals surface area contributed by atoms with Crippen LogP contribution < -0.4 is 4.90 Å². The van der Waals surface area contributed by atoms with Gasteiger partial charge in [-0.05, 0) is 13.0 Å². The molecule has 1 aromatic heterocycles. The van der Waals surface area contributed by atoms with Crippen molar-refractivity contribution in [3.8, 4) is 0 Å². The number of ether oxygens (including phenoxy) is 1. The van der Waals surface area contributed by atoms with Crippen LogP contribution in [0.2, 0.25) is 0 Å². The van der Waals surface area contributed by atoms with Crippen LogP contribution in [0.25, 0.3) is 11.0 Å². The molecular weight excluding hydrogens is 305 g/mol. The number of rotatable bonds is 3. The lowest BCUT2D eigenvalue weighted by Crippen LogP contribution is -2.37. The molecule has 0 bridgehead atoms. The second-order valence-corrected chi connectivity index (χ2v) is 4.78. The average Bonchev–Trinajstić information content (AvgIpc) is 3.02. The van der Waals surface area contributed by atoms with Crippen molar-refractivity contribution in [3.05, 3.63) is 23.3 Å². The number of aldehydes is 1. The van der Waals surface area contributed by atoms with Crippen LogP contribution in [0.5, 0.6) is 0 Å². The van der Waals surface area contributed by atoms with E-state index in [1.807, 2.05) is 0 Å². The summed E-state index contributed by atoms with van der Waals surface area (Å²) in [5.41, 5.74) is -1.13. The van der Waals surface area contributed by atoms with Crippen molar-refractivity contribution in [1.82, 2.24) is 5.16 Å². The van der Waals surface area contributed by atoms with Crippen molar-refractivity contribution in [2.24, 2.45) is 0 Å². The molecule has 0 spiro atoms. The zero-order chi connectivity index (χ0) is 16.0. The maximum atomic E-state index is 13.8. The third-order valence-corrected chi connectivity index (χ3v) is 3.52. The van der Waals surface area contributed by atoms with E-state index in [2.05, 4.69) is 5.16 Å². The summed E-state index contributed by atoms with van der Waals surface area (Å²) in [6, 6.07) is 0.00611. The number of hydrogen-bond donors (Lipinski definition) is 0. The van der Waals surface area contributed by atoms with Crippen molar-refractivity contribution in [1.29, 1.82) is 0 Å². The summed E-state index contributed by atoms with van der Waals surface area (Å²) in [6.07, 6.45) is -1.52. The van der Waals surface area contributed by atoms with E-state index in [4.69, 9.17) is 9.26 Å². The third kappa shape index (κ3) is 1.85. The predicted octanol–water partition coefficient (Wildman–Crippen LogP) is 2.60. The number of carbonyl (C=O) groups is 2. The Morgan fingerprint density at radius 2 is 2.14 bits per heavy atom. The zero-order valence-corrected chi connectivity index (χ0v) is 11.2. The molecule has 6 nitrogen and oxygen atoms in total. The molecule has 1 saturated heterocycles. The number of benzene rings is 1. The molecule has 0 saturated carbocycles. The largest absolute Gasteiger partial charge is 0.444 e. The maximum absolute atomic E-state index is 13.8. The maximum Gasteiger partial charge on any atom is 0.416 e. The van der Waals surface area contributed by atoms with Gasteiger partial charge in [0.25, 0.3) is 0 Å². The number of alkyl halides is 1. The van der Waals surface area contributed by atoms with Crippen LogP contribution in [0.15, 0.2) is 10.6 Å².